The third kappa shape index (κ3) is 2.85. The van der Waals surface area contributed by atoms with Crippen molar-refractivity contribution in [2.45, 2.75) is 39.4 Å². The van der Waals surface area contributed by atoms with E-state index in [1.807, 2.05) is 0 Å². The molecule has 2 atom stereocenters. The predicted octanol–water partition coefficient (Wildman–Crippen LogP) is 2.19. The molecule has 1 heterocycles. The minimum Gasteiger partial charge on any atom is -0.496 e. The Kier molecular flexibility index (Phi) is 4.25. The van der Waals surface area contributed by atoms with Gasteiger partial charge in [0.15, 0.2) is 0 Å². The molecule has 0 saturated carbocycles. The van der Waals surface area contributed by atoms with Crippen LogP contribution in [0.1, 0.15) is 25.0 Å². The summed E-state index contributed by atoms with van der Waals surface area (Å²) in [6.45, 7) is 9.89. The third-order valence-electron chi connectivity index (χ3n) is 4.01. The van der Waals surface area contributed by atoms with Gasteiger partial charge in [-0.3, -0.25) is 4.90 Å². The van der Waals surface area contributed by atoms with Crippen LogP contribution in [-0.2, 0) is 6.54 Å². The number of ether oxygens (including phenoxy) is 1. The van der Waals surface area contributed by atoms with Gasteiger partial charge < -0.3 is 10.1 Å². The molecule has 0 amide bonds. The van der Waals surface area contributed by atoms with Crippen LogP contribution in [0.3, 0.4) is 0 Å². The molecule has 3 heteroatoms. The Hall–Kier alpha value is -1.06. The molecule has 2 rings (SSSR count). The summed E-state index contributed by atoms with van der Waals surface area (Å²) in [6.07, 6.45) is 0. The molecule has 1 N–H and O–H groups in total. The van der Waals surface area contributed by atoms with E-state index < -0.39 is 0 Å². The molecule has 2 unspecified atom stereocenters. The van der Waals surface area contributed by atoms with Crippen LogP contribution in [0.25, 0.3) is 0 Å². The van der Waals surface area contributed by atoms with E-state index in [1.165, 1.54) is 11.1 Å². The van der Waals surface area contributed by atoms with E-state index in [2.05, 4.69) is 49.2 Å². The van der Waals surface area contributed by atoms with E-state index in [-0.39, 0.29) is 0 Å². The molecule has 1 aromatic carbocycles. The number of methoxy groups -OCH3 is 1. The highest BCUT2D eigenvalue weighted by molar-refractivity contribution is 5.36. The van der Waals surface area contributed by atoms with Gasteiger partial charge in [-0.05, 0) is 38.0 Å². The summed E-state index contributed by atoms with van der Waals surface area (Å²) in [5.41, 5.74) is 2.58. The largest absolute Gasteiger partial charge is 0.496 e. The average molecular weight is 248 g/mol. The Morgan fingerprint density at radius 3 is 2.83 bits per heavy atom. The molecule has 100 valence electrons. The fourth-order valence-corrected chi connectivity index (χ4v) is 2.62. The standard InChI is InChI=1S/C15H24N2O/c1-11-9-14(5-6-15(11)18-4)10-17-8-7-16-12(2)13(17)3/h5-6,9,12-13,16H,7-8,10H2,1-4H3. The van der Waals surface area contributed by atoms with Crippen LogP contribution in [0.5, 0.6) is 5.75 Å². The van der Waals surface area contributed by atoms with Gasteiger partial charge >= 0.3 is 0 Å². The number of nitrogens with zero attached hydrogens (tertiary/aromatic N) is 1. The lowest BCUT2D eigenvalue weighted by Crippen LogP contribution is -2.54. The molecule has 3 nitrogen and oxygen atoms in total. The molecule has 0 bridgehead atoms. The van der Waals surface area contributed by atoms with Crippen LogP contribution in [-0.4, -0.2) is 37.2 Å². The molecule has 0 spiro atoms. The smallest absolute Gasteiger partial charge is 0.121 e. The van der Waals surface area contributed by atoms with Gasteiger partial charge in [0.05, 0.1) is 7.11 Å². The first-order chi connectivity index (χ1) is 8.61. The number of nitrogens with one attached hydrogen (secondary N) is 1. The van der Waals surface area contributed by atoms with Gasteiger partial charge in [-0.2, -0.15) is 0 Å². The van der Waals surface area contributed by atoms with E-state index in [0.29, 0.717) is 12.1 Å². The minimum absolute atomic E-state index is 0.568. The molecule has 18 heavy (non-hydrogen) atoms. The van der Waals surface area contributed by atoms with Crippen LogP contribution < -0.4 is 10.1 Å². The zero-order valence-electron chi connectivity index (χ0n) is 11.9. The van der Waals surface area contributed by atoms with Crippen LogP contribution in [0.2, 0.25) is 0 Å². The van der Waals surface area contributed by atoms with E-state index in [4.69, 9.17) is 4.74 Å². The van der Waals surface area contributed by atoms with Gasteiger partial charge in [-0.15, -0.1) is 0 Å². The van der Waals surface area contributed by atoms with Crippen molar-refractivity contribution < 1.29 is 4.74 Å². The second-order valence-electron chi connectivity index (χ2n) is 5.26. The maximum atomic E-state index is 5.30. The summed E-state index contributed by atoms with van der Waals surface area (Å²) >= 11 is 0. The van der Waals surface area contributed by atoms with Crippen LogP contribution in [0, 0.1) is 6.92 Å². The maximum Gasteiger partial charge on any atom is 0.121 e. The van der Waals surface area contributed by atoms with Gasteiger partial charge in [0.2, 0.25) is 0 Å². The molecule has 1 aliphatic heterocycles. The molecule has 1 aromatic rings. The van der Waals surface area contributed by atoms with Crippen molar-refractivity contribution in [1.29, 1.82) is 0 Å². The monoisotopic (exact) mass is 248 g/mol. The lowest BCUT2D eigenvalue weighted by atomic mass is 10.0. The number of hydrogen-bond donors (Lipinski definition) is 1. The highest BCUT2D eigenvalue weighted by atomic mass is 16.5. The topological polar surface area (TPSA) is 24.5 Å². The minimum atomic E-state index is 0.568. The zero-order chi connectivity index (χ0) is 13.1. The Morgan fingerprint density at radius 2 is 2.17 bits per heavy atom. The molecule has 0 aliphatic carbocycles. The zero-order valence-corrected chi connectivity index (χ0v) is 11.9. The third-order valence-corrected chi connectivity index (χ3v) is 4.01. The van der Waals surface area contributed by atoms with Gasteiger partial charge in [0.1, 0.15) is 5.75 Å². The number of rotatable bonds is 3. The Morgan fingerprint density at radius 1 is 1.39 bits per heavy atom. The van der Waals surface area contributed by atoms with Crippen molar-refractivity contribution in [1.82, 2.24) is 10.2 Å². The number of piperazine rings is 1. The second-order valence-corrected chi connectivity index (χ2v) is 5.26. The fraction of sp³-hybridized carbons (Fsp3) is 0.600. The van der Waals surface area contributed by atoms with Crippen LogP contribution in [0.4, 0.5) is 0 Å². The average Bonchev–Trinajstić information content (AvgIpc) is 2.35. The van der Waals surface area contributed by atoms with Crippen molar-refractivity contribution >= 4 is 0 Å². The first-order valence-corrected chi connectivity index (χ1v) is 6.72. The van der Waals surface area contributed by atoms with Crippen molar-refractivity contribution in [2.24, 2.45) is 0 Å². The summed E-state index contributed by atoms with van der Waals surface area (Å²) in [5, 5.41) is 3.52. The van der Waals surface area contributed by atoms with E-state index in [1.54, 1.807) is 7.11 Å². The molecule has 0 aromatic heterocycles. The van der Waals surface area contributed by atoms with Crippen molar-refractivity contribution in [3.05, 3.63) is 29.3 Å². The Balaban J connectivity index is 2.06. The van der Waals surface area contributed by atoms with E-state index in [0.717, 1.165) is 25.4 Å². The van der Waals surface area contributed by atoms with Gasteiger partial charge in [0, 0.05) is 31.7 Å². The van der Waals surface area contributed by atoms with Crippen LogP contribution >= 0.6 is 0 Å². The highest BCUT2D eigenvalue weighted by Crippen LogP contribution is 2.21. The number of benzene rings is 1. The van der Waals surface area contributed by atoms with Crippen molar-refractivity contribution in [3.63, 3.8) is 0 Å². The van der Waals surface area contributed by atoms with Crippen LogP contribution in [0.15, 0.2) is 18.2 Å². The van der Waals surface area contributed by atoms with Crippen molar-refractivity contribution in [3.8, 4) is 5.75 Å². The molecule has 0 radical (unpaired) electrons. The Labute approximate surface area is 110 Å². The second kappa shape index (κ2) is 5.72. The lowest BCUT2D eigenvalue weighted by molar-refractivity contribution is 0.131. The van der Waals surface area contributed by atoms with Gasteiger partial charge in [0.25, 0.3) is 0 Å². The lowest BCUT2D eigenvalue weighted by Gasteiger charge is -2.38. The molecular formula is C15H24N2O. The quantitative estimate of drug-likeness (QED) is 0.887. The van der Waals surface area contributed by atoms with Gasteiger partial charge in [-0.25, -0.2) is 0 Å². The summed E-state index contributed by atoms with van der Waals surface area (Å²) in [7, 11) is 1.72. The predicted molar refractivity (Wildman–Crippen MR) is 75.1 cm³/mol. The highest BCUT2D eigenvalue weighted by Gasteiger charge is 2.23. The van der Waals surface area contributed by atoms with E-state index in [9.17, 15) is 0 Å². The summed E-state index contributed by atoms with van der Waals surface area (Å²) in [4.78, 5) is 2.54. The first-order valence-electron chi connectivity index (χ1n) is 6.72. The number of hydrogen-bond acceptors (Lipinski definition) is 3. The van der Waals surface area contributed by atoms with E-state index >= 15 is 0 Å². The Bertz CT molecular complexity index is 405. The van der Waals surface area contributed by atoms with Gasteiger partial charge in [-0.1, -0.05) is 12.1 Å². The normalized spacial score (nSPS) is 25.1. The maximum absolute atomic E-state index is 5.30. The number of aryl methyl sites for hydroxylation is 1. The fourth-order valence-electron chi connectivity index (χ4n) is 2.62. The molecule has 1 saturated heterocycles. The van der Waals surface area contributed by atoms with Crippen molar-refractivity contribution in [2.75, 3.05) is 20.2 Å². The molecule has 1 fully saturated rings. The first kappa shape index (κ1) is 13.4. The summed E-state index contributed by atoms with van der Waals surface area (Å²) in [6, 6.07) is 7.63. The summed E-state index contributed by atoms with van der Waals surface area (Å²) in [5.74, 6) is 0.973. The molecule has 1 aliphatic rings. The molecular weight excluding hydrogens is 224 g/mol. The SMILES string of the molecule is COc1ccc(CN2CCNC(C)C2C)cc1C. The summed E-state index contributed by atoms with van der Waals surface area (Å²) < 4.78 is 5.30.